The molecule has 0 aromatic heterocycles. The third-order valence-electron chi connectivity index (χ3n) is 4.32. The summed E-state index contributed by atoms with van der Waals surface area (Å²) in [6.45, 7) is 0.675. The van der Waals surface area contributed by atoms with Gasteiger partial charge in [-0.25, -0.2) is 0 Å². The van der Waals surface area contributed by atoms with Crippen molar-refractivity contribution < 1.29 is 9.53 Å². The standard InChI is InChI=1S/C15H16Cl2O2/c16-11-2-3-13(17)12(8-11)14(18)10-4-7-19-15(9-10)5-1-6-15/h2-3,8,10H,1,4-7,9H2. The molecule has 1 unspecified atom stereocenters. The zero-order valence-corrected chi connectivity index (χ0v) is 12.1. The lowest BCUT2D eigenvalue weighted by molar-refractivity contribution is -0.137. The summed E-state index contributed by atoms with van der Waals surface area (Å²) in [6.07, 6.45) is 4.98. The molecular weight excluding hydrogens is 283 g/mol. The summed E-state index contributed by atoms with van der Waals surface area (Å²) in [6, 6.07) is 5.07. The highest BCUT2D eigenvalue weighted by atomic mass is 35.5. The summed E-state index contributed by atoms with van der Waals surface area (Å²) in [5.41, 5.74) is 0.527. The maximum Gasteiger partial charge on any atom is 0.167 e. The minimum atomic E-state index is -0.0242. The highest BCUT2D eigenvalue weighted by Crippen LogP contribution is 2.45. The molecule has 0 amide bonds. The van der Waals surface area contributed by atoms with Crippen LogP contribution in [0, 0.1) is 5.92 Å². The molecule has 2 nitrogen and oxygen atoms in total. The fourth-order valence-corrected chi connectivity index (χ4v) is 3.46. The van der Waals surface area contributed by atoms with Crippen LogP contribution in [-0.4, -0.2) is 18.0 Å². The lowest BCUT2D eigenvalue weighted by Gasteiger charge is -2.46. The monoisotopic (exact) mass is 298 g/mol. The number of carbonyl (C=O) groups is 1. The molecule has 4 heteroatoms. The number of carbonyl (C=O) groups excluding carboxylic acids is 1. The minimum absolute atomic E-state index is 0.0185. The highest BCUT2D eigenvalue weighted by molar-refractivity contribution is 6.36. The van der Waals surface area contributed by atoms with Crippen molar-refractivity contribution in [2.24, 2.45) is 5.92 Å². The molecule has 1 heterocycles. The molecule has 1 aliphatic heterocycles. The van der Waals surface area contributed by atoms with E-state index < -0.39 is 0 Å². The third kappa shape index (κ3) is 2.54. The van der Waals surface area contributed by atoms with E-state index in [1.165, 1.54) is 6.42 Å². The van der Waals surface area contributed by atoms with Gasteiger partial charge in [0.15, 0.2) is 5.78 Å². The lowest BCUT2D eigenvalue weighted by atomic mass is 9.70. The van der Waals surface area contributed by atoms with Crippen LogP contribution in [0.4, 0.5) is 0 Å². The Kier molecular flexibility index (Phi) is 3.59. The second kappa shape index (κ2) is 5.08. The smallest absolute Gasteiger partial charge is 0.167 e. The first-order chi connectivity index (χ1) is 9.10. The first kappa shape index (κ1) is 13.4. The van der Waals surface area contributed by atoms with Crippen LogP contribution in [-0.2, 0) is 4.74 Å². The second-order valence-electron chi connectivity index (χ2n) is 5.56. The molecule has 1 aliphatic carbocycles. The van der Waals surface area contributed by atoms with Gasteiger partial charge >= 0.3 is 0 Å². The molecule has 1 atom stereocenters. The van der Waals surface area contributed by atoms with E-state index in [4.69, 9.17) is 27.9 Å². The first-order valence-electron chi connectivity index (χ1n) is 6.73. The van der Waals surface area contributed by atoms with Crippen LogP contribution < -0.4 is 0 Å². The molecule has 1 aromatic carbocycles. The van der Waals surface area contributed by atoms with E-state index in [2.05, 4.69) is 0 Å². The Hall–Kier alpha value is -0.570. The van der Waals surface area contributed by atoms with Crippen LogP contribution in [0.25, 0.3) is 0 Å². The summed E-state index contributed by atoms with van der Waals surface area (Å²) in [4.78, 5) is 12.6. The Morgan fingerprint density at radius 2 is 2.11 bits per heavy atom. The Morgan fingerprint density at radius 3 is 2.79 bits per heavy atom. The van der Waals surface area contributed by atoms with Gasteiger partial charge in [0.1, 0.15) is 0 Å². The zero-order valence-electron chi connectivity index (χ0n) is 10.6. The van der Waals surface area contributed by atoms with E-state index in [1.807, 2.05) is 0 Å². The van der Waals surface area contributed by atoms with Gasteiger partial charge in [-0.2, -0.15) is 0 Å². The van der Waals surface area contributed by atoms with Gasteiger partial charge in [-0.05, 0) is 50.3 Å². The van der Waals surface area contributed by atoms with Crippen LogP contribution in [0.1, 0.15) is 42.5 Å². The molecule has 0 radical (unpaired) electrons. The summed E-state index contributed by atoms with van der Waals surface area (Å²) in [5, 5.41) is 1.04. The molecular formula is C15H16Cl2O2. The van der Waals surface area contributed by atoms with E-state index in [1.54, 1.807) is 18.2 Å². The molecule has 1 saturated carbocycles. The van der Waals surface area contributed by atoms with Crippen LogP contribution in [0.2, 0.25) is 10.0 Å². The van der Waals surface area contributed by atoms with Gasteiger partial charge in [-0.1, -0.05) is 23.2 Å². The number of Topliss-reactive ketones (excluding diaryl/α,β-unsaturated/α-hetero) is 1. The highest BCUT2D eigenvalue weighted by Gasteiger charge is 2.44. The number of halogens is 2. The topological polar surface area (TPSA) is 26.3 Å². The number of ketones is 1. The normalized spacial score (nSPS) is 25.1. The molecule has 102 valence electrons. The summed E-state index contributed by atoms with van der Waals surface area (Å²) in [5.74, 6) is 0.132. The minimum Gasteiger partial charge on any atom is -0.375 e. The molecule has 2 aliphatic rings. The SMILES string of the molecule is O=C(c1cc(Cl)ccc1Cl)C1CCOC2(CCC2)C1. The molecule has 0 bridgehead atoms. The molecule has 1 aromatic rings. The van der Waals surface area contributed by atoms with Gasteiger partial charge in [0, 0.05) is 23.1 Å². The van der Waals surface area contributed by atoms with Crippen molar-refractivity contribution in [3.05, 3.63) is 33.8 Å². The average Bonchev–Trinajstić information content (AvgIpc) is 2.39. The zero-order chi connectivity index (χ0) is 13.5. The average molecular weight is 299 g/mol. The molecule has 19 heavy (non-hydrogen) atoms. The van der Waals surface area contributed by atoms with E-state index in [0.717, 1.165) is 25.7 Å². The maximum atomic E-state index is 12.6. The third-order valence-corrected chi connectivity index (χ3v) is 4.89. The van der Waals surface area contributed by atoms with Crippen molar-refractivity contribution in [1.82, 2.24) is 0 Å². The Balaban J connectivity index is 1.81. The van der Waals surface area contributed by atoms with Gasteiger partial charge < -0.3 is 4.74 Å². The van der Waals surface area contributed by atoms with Crippen molar-refractivity contribution in [2.75, 3.05) is 6.61 Å². The summed E-state index contributed by atoms with van der Waals surface area (Å²) >= 11 is 12.1. The van der Waals surface area contributed by atoms with Crippen molar-refractivity contribution in [2.45, 2.75) is 37.7 Å². The lowest BCUT2D eigenvalue weighted by Crippen LogP contribution is -2.47. The predicted molar refractivity (Wildman–Crippen MR) is 76.1 cm³/mol. The molecule has 2 fully saturated rings. The quantitative estimate of drug-likeness (QED) is 0.750. The van der Waals surface area contributed by atoms with Gasteiger partial charge in [0.25, 0.3) is 0 Å². The van der Waals surface area contributed by atoms with Crippen molar-refractivity contribution in [3.63, 3.8) is 0 Å². The Morgan fingerprint density at radius 1 is 1.32 bits per heavy atom. The number of rotatable bonds is 2. The number of benzene rings is 1. The van der Waals surface area contributed by atoms with E-state index in [9.17, 15) is 4.79 Å². The molecule has 0 N–H and O–H groups in total. The van der Waals surface area contributed by atoms with Crippen LogP contribution in [0.15, 0.2) is 18.2 Å². The van der Waals surface area contributed by atoms with Gasteiger partial charge in [0.2, 0.25) is 0 Å². The largest absolute Gasteiger partial charge is 0.375 e. The summed E-state index contributed by atoms with van der Waals surface area (Å²) < 4.78 is 5.86. The Labute approximate surface area is 123 Å². The van der Waals surface area contributed by atoms with Crippen LogP contribution in [0.5, 0.6) is 0 Å². The van der Waals surface area contributed by atoms with E-state index >= 15 is 0 Å². The van der Waals surface area contributed by atoms with Crippen LogP contribution in [0.3, 0.4) is 0 Å². The van der Waals surface area contributed by atoms with Crippen molar-refractivity contribution in [1.29, 1.82) is 0 Å². The maximum absolute atomic E-state index is 12.6. The number of hydrogen-bond donors (Lipinski definition) is 0. The van der Waals surface area contributed by atoms with Gasteiger partial charge in [-0.3, -0.25) is 4.79 Å². The predicted octanol–water partition coefficient (Wildman–Crippen LogP) is 4.53. The fraction of sp³-hybridized carbons (Fsp3) is 0.533. The summed E-state index contributed by atoms with van der Waals surface area (Å²) in [7, 11) is 0. The van der Waals surface area contributed by atoms with E-state index in [-0.39, 0.29) is 17.3 Å². The van der Waals surface area contributed by atoms with Gasteiger partial charge in [0.05, 0.1) is 10.6 Å². The van der Waals surface area contributed by atoms with Gasteiger partial charge in [-0.15, -0.1) is 0 Å². The first-order valence-corrected chi connectivity index (χ1v) is 7.48. The fourth-order valence-electron chi connectivity index (χ4n) is 3.08. The van der Waals surface area contributed by atoms with Crippen molar-refractivity contribution in [3.8, 4) is 0 Å². The second-order valence-corrected chi connectivity index (χ2v) is 6.41. The number of hydrogen-bond acceptors (Lipinski definition) is 2. The Bertz CT molecular complexity index is 509. The molecule has 1 spiro atoms. The van der Waals surface area contributed by atoms with E-state index in [0.29, 0.717) is 22.2 Å². The molecule has 1 saturated heterocycles. The molecule has 3 rings (SSSR count). The van der Waals surface area contributed by atoms with Crippen LogP contribution >= 0.6 is 23.2 Å². The van der Waals surface area contributed by atoms with Crippen molar-refractivity contribution >= 4 is 29.0 Å². The number of ether oxygens (including phenoxy) is 1.